The van der Waals surface area contributed by atoms with Gasteiger partial charge in [0.2, 0.25) is 11.8 Å². The summed E-state index contributed by atoms with van der Waals surface area (Å²) >= 11 is 0. The predicted octanol–water partition coefficient (Wildman–Crippen LogP) is 2.85. The maximum atomic E-state index is 12.8. The highest BCUT2D eigenvalue weighted by Gasteiger charge is 2.32. The lowest BCUT2D eigenvalue weighted by molar-refractivity contribution is -0.127. The molecule has 2 aliphatic rings. The summed E-state index contributed by atoms with van der Waals surface area (Å²) in [6.07, 6.45) is 2.85. The minimum Gasteiger partial charge on any atom is -0.444 e. The van der Waals surface area contributed by atoms with Gasteiger partial charge < -0.3 is 20.3 Å². The highest BCUT2D eigenvalue weighted by molar-refractivity contribution is 5.92. The molecule has 0 spiro atoms. The number of likely N-dealkylation sites (tertiary alicyclic amines) is 2. The largest absolute Gasteiger partial charge is 0.444 e. The van der Waals surface area contributed by atoms with E-state index in [1.54, 1.807) is 4.90 Å². The molecule has 1 aromatic carbocycles. The van der Waals surface area contributed by atoms with E-state index in [4.69, 9.17) is 4.74 Å². The molecule has 0 radical (unpaired) electrons. The molecule has 2 N–H and O–H groups in total. The maximum absolute atomic E-state index is 12.8. The fraction of sp³-hybridized carbons (Fsp3) is 0.625. The van der Waals surface area contributed by atoms with Crippen molar-refractivity contribution < 1.29 is 19.1 Å². The molecule has 0 bridgehead atoms. The minimum atomic E-state index is -0.543. The van der Waals surface area contributed by atoms with Crippen molar-refractivity contribution in [1.82, 2.24) is 15.1 Å². The molecule has 2 fully saturated rings. The molecule has 1 atom stereocenters. The van der Waals surface area contributed by atoms with Crippen LogP contribution in [0, 0.1) is 5.92 Å². The van der Waals surface area contributed by atoms with Gasteiger partial charge in [0, 0.05) is 37.9 Å². The number of benzene rings is 1. The zero-order chi connectivity index (χ0) is 23.1. The summed E-state index contributed by atoms with van der Waals surface area (Å²) in [5, 5.41) is 6.08. The van der Waals surface area contributed by atoms with Crippen LogP contribution >= 0.6 is 0 Å². The summed E-state index contributed by atoms with van der Waals surface area (Å²) < 4.78 is 5.45. The number of hydrogen-bond acceptors (Lipinski definition) is 5. The van der Waals surface area contributed by atoms with E-state index >= 15 is 0 Å². The third-order valence-electron chi connectivity index (χ3n) is 5.80. The Morgan fingerprint density at radius 3 is 2.38 bits per heavy atom. The number of nitrogens with one attached hydrogen (secondary N) is 2. The lowest BCUT2D eigenvalue weighted by Crippen LogP contribution is -2.51. The zero-order valence-corrected chi connectivity index (χ0v) is 19.4. The first-order chi connectivity index (χ1) is 15.2. The number of ether oxygens (including phenoxy) is 1. The van der Waals surface area contributed by atoms with Gasteiger partial charge in [-0.3, -0.25) is 14.5 Å². The second kappa shape index (κ2) is 10.8. The van der Waals surface area contributed by atoms with Crippen molar-refractivity contribution in [2.75, 3.05) is 38.0 Å². The Labute approximate surface area is 190 Å². The van der Waals surface area contributed by atoms with E-state index in [9.17, 15) is 14.4 Å². The van der Waals surface area contributed by atoms with Crippen molar-refractivity contribution in [3.8, 4) is 0 Å². The van der Waals surface area contributed by atoms with Gasteiger partial charge in [-0.05, 0) is 58.6 Å². The smallest absolute Gasteiger partial charge is 0.410 e. The third kappa shape index (κ3) is 7.51. The SMILES string of the molecule is CC(C)(C)OC(=O)N1CCC[C@@H](C(=O)NC2CCN(CC(=O)Nc3ccccc3)CC2)C1. The Bertz CT molecular complexity index is 785. The lowest BCUT2D eigenvalue weighted by Gasteiger charge is -2.35. The van der Waals surface area contributed by atoms with Gasteiger partial charge in [0.25, 0.3) is 0 Å². The summed E-state index contributed by atoms with van der Waals surface area (Å²) in [7, 11) is 0. The topological polar surface area (TPSA) is 91.0 Å². The van der Waals surface area contributed by atoms with Crippen molar-refractivity contribution >= 4 is 23.6 Å². The van der Waals surface area contributed by atoms with Gasteiger partial charge in [0.1, 0.15) is 5.60 Å². The van der Waals surface area contributed by atoms with Gasteiger partial charge >= 0.3 is 6.09 Å². The highest BCUT2D eigenvalue weighted by Crippen LogP contribution is 2.20. The molecule has 0 saturated carbocycles. The van der Waals surface area contributed by atoms with Crippen LogP contribution < -0.4 is 10.6 Å². The Morgan fingerprint density at radius 1 is 1.03 bits per heavy atom. The van der Waals surface area contributed by atoms with Gasteiger partial charge in [0.05, 0.1) is 12.5 Å². The monoisotopic (exact) mass is 444 g/mol. The second-order valence-electron chi connectivity index (χ2n) is 9.74. The Balaban J connectivity index is 1.39. The molecule has 2 saturated heterocycles. The standard InChI is InChI=1S/C24H36N4O4/c1-24(2,3)32-23(31)28-13-7-8-18(16-28)22(30)26-20-11-14-27(15-12-20)17-21(29)25-19-9-5-4-6-10-19/h4-6,9-10,18,20H,7-8,11-17H2,1-3H3,(H,25,29)(H,26,30)/t18-/m1/s1. The van der Waals surface area contributed by atoms with Crippen LogP contribution in [0.25, 0.3) is 0 Å². The molecule has 8 nitrogen and oxygen atoms in total. The van der Waals surface area contributed by atoms with Gasteiger partial charge in [-0.2, -0.15) is 0 Å². The Kier molecular flexibility index (Phi) is 8.12. The molecule has 176 valence electrons. The average Bonchev–Trinajstić information content (AvgIpc) is 2.74. The molecule has 2 heterocycles. The van der Waals surface area contributed by atoms with Crippen molar-refractivity contribution in [1.29, 1.82) is 0 Å². The molecular weight excluding hydrogens is 408 g/mol. The minimum absolute atomic E-state index is 0.0125. The molecular formula is C24H36N4O4. The van der Waals surface area contributed by atoms with E-state index in [-0.39, 0.29) is 29.9 Å². The van der Waals surface area contributed by atoms with Gasteiger partial charge in [-0.25, -0.2) is 4.79 Å². The van der Waals surface area contributed by atoms with E-state index < -0.39 is 5.60 Å². The van der Waals surface area contributed by atoms with Crippen molar-refractivity contribution in [3.63, 3.8) is 0 Å². The van der Waals surface area contributed by atoms with Crippen LogP contribution in [-0.2, 0) is 14.3 Å². The van der Waals surface area contributed by atoms with Crippen LogP contribution in [0.5, 0.6) is 0 Å². The van der Waals surface area contributed by atoms with Gasteiger partial charge in [0.15, 0.2) is 0 Å². The zero-order valence-electron chi connectivity index (χ0n) is 19.4. The molecule has 3 amide bonds. The van der Waals surface area contributed by atoms with E-state index in [2.05, 4.69) is 15.5 Å². The van der Waals surface area contributed by atoms with Crippen LogP contribution in [0.15, 0.2) is 30.3 Å². The summed E-state index contributed by atoms with van der Waals surface area (Å²) in [5.74, 6) is -0.215. The molecule has 1 aromatic rings. The van der Waals surface area contributed by atoms with Crippen LogP contribution in [0.3, 0.4) is 0 Å². The molecule has 0 aromatic heterocycles. The number of carbonyl (C=O) groups excluding carboxylic acids is 3. The Hall–Kier alpha value is -2.61. The summed E-state index contributed by atoms with van der Waals surface area (Å²) in [6.45, 7) is 8.44. The second-order valence-corrected chi connectivity index (χ2v) is 9.74. The molecule has 8 heteroatoms. The summed E-state index contributed by atoms with van der Waals surface area (Å²) in [4.78, 5) is 41.2. The highest BCUT2D eigenvalue weighted by atomic mass is 16.6. The van der Waals surface area contributed by atoms with Crippen molar-refractivity contribution in [3.05, 3.63) is 30.3 Å². The molecule has 0 aliphatic carbocycles. The van der Waals surface area contributed by atoms with Crippen LogP contribution in [0.1, 0.15) is 46.5 Å². The maximum Gasteiger partial charge on any atom is 0.410 e. The van der Waals surface area contributed by atoms with E-state index in [1.165, 1.54) is 0 Å². The number of para-hydroxylation sites is 1. The quantitative estimate of drug-likeness (QED) is 0.729. The van der Waals surface area contributed by atoms with E-state index in [0.29, 0.717) is 19.6 Å². The first-order valence-electron chi connectivity index (χ1n) is 11.5. The number of amides is 3. The number of rotatable bonds is 5. The third-order valence-corrected chi connectivity index (χ3v) is 5.80. The fourth-order valence-corrected chi connectivity index (χ4v) is 4.16. The molecule has 3 rings (SSSR count). The number of hydrogen-bond donors (Lipinski definition) is 2. The predicted molar refractivity (Wildman–Crippen MR) is 123 cm³/mol. The molecule has 2 aliphatic heterocycles. The van der Waals surface area contributed by atoms with Crippen LogP contribution in [-0.4, -0.2) is 72.1 Å². The summed E-state index contributed by atoms with van der Waals surface area (Å²) in [5.41, 5.74) is 0.255. The number of anilines is 1. The first kappa shape index (κ1) is 24.0. The Morgan fingerprint density at radius 2 is 1.72 bits per heavy atom. The van der Waals surface area contributed by atoms with Crippen LogP contribution in [0.2, 0.25) is 0 Å². The van der Waals surface area contributed by atoms with Crippen LogP contribution in [0.4, 0.5) is 10.5 Å². The molecule has 32 heavy (non-hydrogen) atoms. The van der Waals surface area contributed by atoms with Crippen molar-refractivity contribution in [2.24, 2.45) is 5.92 Å². The van der Waals surface area contributed by atoms with E-state index in [1.807, 2.05) is 51.1 Å². The van der Waals surface area contributed by atoms with Gasteiger partial charge in [-0.1, -0.05) is 18.2 Å². The molecule has 0 unspecified atom stereocenters. The lowest BCUT2D eigenvalue weighted by atomic mass is 9.96. The summed E-state index contributed by atoms with van der Waals surface area (Å²) in [6, 6.07) is 9.54. The fourth-order valence-electron chi connectivity index (χ4n) is 4.16. The number of piperidine rings is 2. The van der Waals surface area contributed by atoms with E-state index in [0.717, 1.165) is 44.5 Å². The normalized spacial score (nSPS) is 20.5. The average molecular weight is 445 g/mol. The van der Waals surface area contributed by atoms with Gasteiger partial charge in [-0.15, -0.1) is 0 Å². The number of carbonyl (C=O) groups is 3. The first-order valence-corrected chi connectivity index (χ1v) is 11.5. The number of nitrogens with zero attached hydrogens (tertiary/aromatic N) is 2. The van der Waals surface area contributed by atoms with Crippen molar-refractivity contribution in [2.45, 2.75) is 58.1 Å².